The molecule has 1 aliphatic rings. The summed E-state index contributed by atoms with van der Waals surface area (Å²) in [5.41, 5.74) is 5.96. The summed E-state index contributed by atoms with van der Waals surface area (Å²) in [6, 6.07) is 7.32. The maximum Gasteiger partial charge on any atom is 0.252 e. The van der Waals surface area contributed by atoms with E-state index in [9.17, 15) is 13.2 Å². The second-order valence-corrected chi connectivity index (χ2v) is 8.32. The summed E-state index contributed by atoms with van der Waals surface area (Å²) in [6.07, 6.45) is 2.12. The van der Waals surface area contributed by atoms with Crippen LogP contribution in [0.3, 0.4) is 0 Å². The van der Waals surface area contributed by atoms with E-state index in [0.717, 1.165) is 0 Å². The summed E-state index contributed by atoms with van der Waals surface area (Å²) in [5.74, 6) is 0.166. The van der Waals surface area contributed by atoms with E-state index in [0.29, 0.717) is 31.0 Å². The SMILES string of the molecule is COc1ccc(S(=O)(=O)NC2CCN(c3ccc4nncn4n3)C2)cc1C(N)=O. The van der Waals surface area contributed by atoms with Gasteiger partial charge in [-0.1, -0.05) is 0 Å². The van der Waals surface area contributed by atoms with Crippen LogP contribution in [0.4, 0.5) is 5.82 Å². The van der Waals surface area contributed by atoms with Gasteiger partial charge in [-0.25, -0.2) is 13.1 Å². The highest BCUT2D eigenvalue weighted by Crippen LogP contribution is 2.24. The number of nitrogens with one attached hydrogen (secondary N) is 1. The number of ether oxygens (including phenoxy) is 1. The van der Waals surface area contributed by atoms with E-state index in [-0.39, 0.29) is 22.3 Å². The number of hydrogen-bond acceptors (Lipinski definition) is 8. The first-order valence-electron chi connectivity index (χ1n) is 8.79. The zero-order chi connectivity index (χ0) is 20.6. The van der Waals surface area contributed by atoms with Gasteiger partial charge in [-0.15, -0.1) is 15.3 Å². The van der Waals surface area contributed by atoms with E-state index in [1.807, 2.05) is 11.0 Å². The van der Waals surface area contributed by atoms with Crippen LogP contribution in [0.5, 0.6) is 5.75 Å². The van der Waals surface area contributed by atoms with Gasteiger partial charge >= 0.3 is 0 Å². The molecule has 29 heavy (non-hydrogen) atoms. The smallest absolute Gasteiger partial charge is 0.252 e. The average molecular weight is 417 g/mol. The molecule has 3 N–H and O–H groups in total. The lowest BCUT2D eigenvalue weighted by Crippen LogP contribution is -2.37. The Morgan fingerprint density at radius 2 is 2.14 bits per heavy atom. The molecule has 1 aliphatic heterocycles. The number of sulfonamides is 1. The van der Waals surface area contributed by atoms with Crippen LogP contribution in [0.1, 0.15) is 16.8 Å². The van der Waals surface area contributed by atoms with Crippen molar-refractivity contribution in [3.63, 3.8) is 0 Å². The van der Waals surface area contributed by atoms with Gasteiger partial charge in [0.05, 0.1) is 17.6 Å². The van der Waals surface area contributed by atoms with Crippen LogP contribution >= 0.6 is 0 Å². The standard InChI is InChI=1S/C17H19N7O4S/c1-28-14-3-2-12(8-13(14)17(18)25)29(26,27)22-11-6-7-23(9-11)16-5-4-15-20-19-10-24(15)21-16/h2-5,8,10-11,22H,6-7,9H2,1H3,(H2,18,25). The summed E-state index contributed by atoms with van der Waals surface area (Å²) in [6.45, 7) is 1.10. The van der Waals surface area contributed by atoms with Gasteiger partial charge in [0.25, 0.3) is 5.91 Å². The van der Waals surface area contributed by atoms with Crippen molar-refractivity contribution in [1.82, 2.24) is 24.5 Å². The molecule has 0 spiro atoms. The fourth-order valence-electron chi connectivity index (χ4n) is 3.29. The lowest BCUT2D eigenvalue weighted by atomic mass is 10.2. The molecule has 3 aromatic rings. The summed E-state index contributed by atoms with van der Waals surface area (Å²) in [7, 11) is -2.46. The van der Waals surface area contributed by atoms with Crippen LogP contribution in [0, 0.1) is 0 Å². The van der Waals surface area contributed by atoms with Gasteiger partial charge in [0.1, 0.15) is 17.9 Å². The molecule has 4 rings (SSSR count). The number of methoxy groups -OCH3 is 1. The topological polar surface area (TPSA) is 145 Å². The van der Waals surface area contributed by atoms with Crippen LogP contribution in [0.2, 0.25) is 0 Å². The molecule has 1 amide bonds. The van der Waals surface area contributed by atoms with E-state index >= 15 is 0 Å². The first-order valence-corrected chi connectivity index (χ1v) is 10.3. The Hall–Kier alpha value is -3.25. The Morgan fingerprint density at radius 3 is 2.90 bits per heavy atom. The number of aromatic nitrogens is 4. The number of nitrogens with two attached hydrogens (primary N) is 1. The minimum Gasteiger partial charge on any atom is -0.496 e. The highest BCUT2D eigenvalue weighted by molar-refractivity contribution is 7.89. The van der Waals surface area contributed by atoms with Crippen molar-refractivity contribution in [2.24, 2.45) is 5.73 Å². The van der Waals surface area contributed by atoms with Gasteiger partial charge in [0.15, 0.2) is 5.65 Å². The number of anilines is 1. The van der Waals surface area contributed by atoms with Crippen molar-refractivity contribution in [3.8, 4) is 5.75 Å². The predicted octanol–water partition coefficient (Wildman–Crippen LogP) is -0.211. The monoisotopic (exact) mass is 417 g/mol. The summed E-state index contributed by atoms with van der Waals surface area (Å²) < 4.78 is 34.9. The number of hydrogen-bond donors (Lipinski definition) is 2. The maximum atomic E-state index is 12.8. The number of nitrogens with zero attached hydrogens (tertiary/aromatic N) is 5. The fourth-order valence-corrected chi connectivity index (χ4v) is 4.57. The highest BCUT2D eigenvalue weighted by Gasteiger charge is 2.29. The molecule has 0 saturated carbocycles. The van der Waals surface area contributed by atoms with Crippen LogP contribution in [0.15, 0.2) is 41.6 Å². The minimum atomic E-state index is -3.84. The van der Waals surface area contributed by atoms with Gasteiger partial charge in [-0.05, 0) is 36.8 Å². The van der Waals surface area contributed by atoms with Crippen molar-refractivity contribution < 1.29 is 17.9 Å². The molecular weight excluding hydrogens is 398 g/mol. The Labute approximate surface area is 166 Å². The van der Waals surface area contributed by atoms with Crippen molar-refractivity contribution in [2.75, 3.05) is 25.1 Å². The molecule has 3 heterocycles. The Kier molecular flexibility index (Phi) is 4.80. The quantitative estimate of drug-likeness (QED) is 0.560. The van der Waals surface area contributed by atoms with Crippen molar-refractivity contribution in [2.45, 2.75) is 17.4 Å². The van der Waals surface area contributed by atoms with E-state index in [1.165, 1.54) is 31.6 Å². The van der Waals surface area contributed by atoms with Crippen LogP contribution < -0.4 is 20.1 Å². The number of fused-ring (bicyclic) bond motifs is 1. The number of rotatable bonds is 6. The average Bonchev–Trinajstić information content (AvgIpc) is 3.35. The molecule has 1 unspecified atom stereocenters. The van der Waals surface area contributed by atoms with Gasteiger partial charge in [0, 0.05) is 19.1 Å². The third kappa shape index (κ3) is 3.71. The number of primary amides is 1. The Bertz CT molecular complexity index is 1180. The van der Waals surface area contributed by atoms with Crippen LogP contribution in [-0.2, 0) is 10.0 Å². The molecule has 0 bridgehead atoms. The highest BCUT2D eigenvalue weighted by atomic mass is 32.2. The third-order valence-corrected chi connectivity index (χ3v) is 6.25. The molecule has 0 aliphatic carbocycles. The van der Waals surface area contributed by atoms with Gasteiger partial charge in [0.2, 0.25) is 10.0 Å². The first-order chi connectivity index (χ1) is 13.9. The molecule has 2 aromatic heterocycles. The molecule has 1 fully saturated rings. The lowest BCUT2D eigenvalue weighted by Gasteiger charge is -2.18. The predicted molar refractivity (Wildman–Crippen MR) is 103 cm³/mol. The molecule has 1 saturated heterocycles. The first kappa shape index (κ1) is 19.1. The number of carbonyl (C=O) groups is 1. The summed E-state index contributed by atoms with van der Waals surface area (Å²) in [4.78, 5) is 13.5. The second-order valence-electron chi connectivity index (χ2n) is 6.60. The number of benzene rings is 1. The van der Waals surface area contributed by atoms with Crippen LogP contribution in [-0.4, -0.2) is 60.4 Å². The molecular formula is C17H19N7O4S. The second kappa shape index (κ2) is 7.29. The summed E-state index contributed by atoms with van der Waals surface area (Å²) >= 11 is 0. The normalized spacial score (nSPS) is 17.0. The molecule has 12 heteroatoms. The van der Waals surface area contributed by atoms with Gasteiger partial charge in [-0.3, -0.25) is 4.79 Å². The van der Waals surface area contributed by atoms with Crippen molar-refractivity contribution >= 4 is 27.4 Å². The fraction of sp³-hybridized carbons (Fsp3) is 0.294. The van der Waals surface area contributed by atoms with Gasteiger partial charge in [-0.2, -0.15) is 4.52 Å². The zero-order valence-electron chi connectivity index (χ0n) is 15.5. The van der Waals surface area contributed by atoms with Crippen LogP contribution in [0.25, 0.3) is 5.65 Å². The van der Waals surface area contributed by atoms with Crippen molar-refractivity contribution in [3.05, 3.63) is 42.2 Å². The molecule has 0 radical (unpaired) electrons. The Balaban J connectivity index is 1.50. The van der Waals surface area contributed by atoms with E-state index in [1.54, 1.807) is 10.6 Å². The van der Waals surface area contributed by atoms with Gasteiger partial charge < -0.3 is 15.4 Å². The van der Waals surface area contributed by atoms with E-state index in [2.05, 4.69) is 20.0 Å². The molecule has 1 aromatic carbocycles. The number of amides is 1. The molecule has 11 nitrogen and oxygen atoms in total. The third-order valence-electron chi connectivity index (χ3n) is 4.73. The number of carbonyl (C=O) groups excluding carboxylic acids is 1. The molecule has 152 valence electrons. The Morgan fingerprint density at radius 1 is 1.31 bits per heavy atom. The van der Waals surface area contributed by atoms with Crippen molar-refractivity contribution in [1.29, 1.82) is 0 Å². The minimum absolute atomic E-state index is 0.00914. The largest absolute Gasteiger partial charge is 0.496 e. The van der Waals surface area contributed by atoms with E-state index < -0.39 is 15.9 Å². The summed E-state index contributed by atoms with van der Waals surface area (Å²) in [5, 5.41) is 12.1. The van der Waals surface area contributed by atoms with E-state index in [4.69, 9.17) is 10.5 Å². The zero-order valence-corrected chi connectivity index (χ0v) is 16.3. The molecule has 1 atom stereocenters. The lowest BCUT2D eigenvalue weighted by molar-refractivity contribution is 0.0997. The maximum absolute atomic E-state index is 12.8.